The van der Waals surface area contributed by atoms with Gasteiger partial charge in [0.1, 0.15) is 11.9 Å². The van der Waals surface area contributed by atoms with Gasteiger partial charge in [0.15, 0.2) is 0 Å². The summed E-state index contributed by atoms with van der Waals surface area (Å²) in [5.41, 5.74) is 0.975. The summed E-state index contributed by atoms with van der Waals surface area (Å²) in [5.74, 6) is 0.930. The van der Waals surface area contributed by atoms with Crippen LogP contribution in [-0.4, -0.2) is 15.5 Å². The Labute approximate surface area is 141 Å². The lowest BCUT2D eigenvalue weighted by molar-refractivity contribution is -0.125. The van der Waals surface area contributed by atoms with E-state index in [1.165, 1.54) is 0 Å². The smallest absolute Gasteiger partial charge is 0.224 e. The highest BCUT2D eigenvalue weighted by Crippen LogP contribution is 2.25. The SMILES string of the molecule is Cn1ccnc1[C@@H](NC(=O)[C@H]1CC=CCC1)c1ccc(Cl)cc1. The average molecular weight is 330 g/mol. The Hall–Kier alpha value is -2.07. The molecule has 23 heavy (non-hydrogen) atoms. The fourth-order valence-corrected chi connectivity index (χ4v) is 3.03. The molecule has 1 aromatic heterocycles. The van der Waals surface area contributed by atoms with E-state index in [-0.39, 0.29) is 17.9 Å². The summed E-state index contributed by atoms with van der Waals surface area (Å²) in [5, 5.41) is 3.84. The third-order valence-corrected chi connectivity index (χ3v) is 4.50. The number of allylic oxidation sites excluding steroid dienone is 2. The van der Waals surface area contributed by atoms with Crippen LogP contribution in [0.3, 0.4) is 0 Å². The zero-order valence-corrected chi connectivity index (χ0v) is 13.8. The van der Waals surface area contributed by atoms with Crippen molar-refractivity contribution in [3.8, 4) is 0 Å². The van der Waals surface area contributed by atoms with E-state index >= 15 is 0 Å². The number of aromatic nitrogens is 2. The number of carbonyl (C=O) groups excluding carboxylic acids is 1. The molecule has 4 nitrogen and oxygen atoms in total. The Morgan fingerprint density at radius 1 is 1.35 bits per heavy atom. The first kappa shape index (κ1) is 15.8. The van der Waals surface area contributed by atoms with Crippen molar-refractivity contribution >= 4 is 17.5 Å². The van der Waals surface area contributed by atoms with Crippen LogP contribution in [0.2, 0.25) is 5.02 Å². The first-order chi connectivity index (χ1) is 11.1. The Morgan fingerprint density at radius 2 is 2.13 bits per heavy atom. The van der Waals surface area contributed by atoms with Gasteiger partial charge in [-0.1, -0.05) is 35.9 Å². The van der Waals surface area contributed by atoms with Crippen LogP contribution < -0.4 is 5.32 Å². The van der Waals surface area contributed by atoms with E-state index in [1.54, 1.807) is 6.20 Å². The number of hydrogen-bond donors (Lipinski definition) is 1. The van der Waals surface area contributed by atoms with Crippen molar-refractivity contribution in [2.75, 3.05) is 0 Å². The highest BCUT2D eigenvalue weighted by Gasteiger charge is 2.25. The van der Waals surface area contributed by atoms with Crippen molar-refractivity contribution in [3.63, 3.8) is 0 Å². The molecule has 1 aliphatic rings. The fraction of sp³-hybridized carbons (Fsp3) is 0.333. The van der Waals surface area contributed by atoms with Gasteiger partial charge in [-0.2, -0.15) is 0 Å². The number of hydrogen-bond acceptors (Lipinski definition) is 2. The van der Waals surface area contributed by atoms with Crippen LogP contribution in [0.25, 0.3) is 0 Å². The van der Waals surface area contributed by atoms with Crippen molar-refractivity contribution in [1.29, 1.82) is 0 Å². The largest absolute Gasteiger partial charge is 0.342 e. The quantitative estimate of drug-likeness (QED) is 0.871. The molecular formula is C18H20ClN3O. The molecule has 0 bridgehead atoms. The number of carbonyl (C=O) groups is 1. The summed E-state index contributed by atoms with van der Waals surface area (Å²) in [6.07, 6.45) is 10.5. The minimum absolute atomic E-state index is 0.0371. The Kier molecular flexibility index (Phi) is 4.82. The Balaban J connectivity index is 1.86. The van der Waals surface area contributed by atoms with E-state index in [0.717, 1.165) is 30.7 Å². The molecule has 0 aliphatic heterocycles. The molecule has 0 fully saturated rings. The number of rotatable bonds is 4. The number of benzene rings is 1. The molecule has 1 aromatic carbocycles. The van der Waals surface area contributed by atoms with Gasteiger partial charge in [-0.15, -0.1) is 0 Å². The van der Waals surface area contributed by atoms with Crippen molar-refractivity contribution in [1.82, 2.24) is 14.9 Å². The molecule has 3 rings (SSSR count). The minimum atomic E-state index is -0.273. The van der Waals surface area contributed by atoms with E-state index in [1.807, 2.05) is 42.1 Å². The topological polar surface area (TPSA) is 46.9 Å². The number of halogens is 1. The first-order valence-corrected chi connectivity index (χ1v) is 8.21. The van der Waals surface area contributed by atoms with Crippen LogP contribution in [0.5, 0.6) is 0 Å². The van der Waals surface area contributed by atoms with Gasteiger partial charge in [-0.05, 0) is 37.0 Å². The normalized spacial score (nSPS) is 18.6. The molecule has 0 unspecified atom stereocenters. The van der Waals surface area contributed by atoms with Gasteiger partial charge in [0.25, 0.3) is 0 Å². The zero-order chi connectivity index (χ0) is 16.2. The summed E-state index contributed by atoms with van der Waals surface area (Å²) in [4.78, 5) is 17.1. The molecular weight excluding hydrogens is 310 g/mol. The second-order valence-corrected chi connectivity index (χ2v) is 6.31. The summed E-state index contributed by atoms with van der Waals surface area (Å²) < 4.78 is 1.93. The van der Waals surface area contributed by atoms with Crippen molar-refractivity contribution in [2.45, 2.75) is 25.3 Å². The molecule has 2 aromatic rings. The summed E-state index contributed by atoms with van der Waals surface area (Å²) in [7, 11) is 1.93. The van der Waals surface area contributed by atoms with E-state index in [9.17, 15) is 4.79 Å². The molecule has 0 spiro atoms. The summed E-state index contributed by atoms with van der Waals surface area (Å²) in [6, 6.07) is 7.27. The Bertz CT molecular complexity index is 705. The van der Waals surface area contributed by atoms with Gasteiger partial charge >= 0.3 is 0 Å². The van der Waals surface area contributed by atoms with Crippen molar-refractivity contribution < 1.29 is 4.79 Å². The third kappa shape index (κ3) is 3.64. The van der Waals surface area contributed by atoms with Gasteiger partial charge in [0, 0.05) is 30.4 Å². The molecule has 1 N–H and O–H groups in total. The van der Waals surface area contributed by atoms with E-state index in [2.05, 4.69) is 22.5 Å². The number of aryl methyl sites for hydroxylation is 1. The maximum absolute atomic E-state index is 12.6. The Morgan fingerprint density at radius 3 is 2.74 bits per heavy atom. The molecule has 1 amide bonds. The zero-order valence-electron chi connectivity index (χ0n) is 13.1. The average Bonchev–Trinajstić information content (AvgIpc) is 3.00. The number of amides is 1. The minimum Gasteiger partial charge on any atom is -0.342 e. The van der Waals surface area contributed by atoms with Crippen LogP contribution in [0.1, 0.15) is 36.7 Å². The van der Waals surface area contributed by atoms with E-state index < -0.39 is 0 Å². The number of nitrogens with one attached hydrogen (secondary N) is 1. The summed E-state index contributed by atoms with van der Waals surface area (Å²) >= 11 is 5.98. The van der Waals surface area contributed by atoms with Crippen LogP contribution in [-0.2, 0) is 11.8 Å². The first-order valence-electron chi connectivity index (χ1n) is 7.83. The van der Waals surface area contributed by atoms with Crippen LogP contribution in [0, 0.1) is 5.92 Å². The van der Waals surface area contributed by atoms with Gasteiger partial charge in [-0.25, -0.2) is 4.98 Å². The summed E-state index contributed by atoms with van der Waals surface area (Å²) in [6.45, 7) is 0. The molecule has 1 aliphatic carbocycles. The van der Waals surface area contributed by atoms with Crippen LogP contribution in [0.4, 0.5) is 0 Å². The monoisotopic (exact) mass is 329 g/mol. The van der Waals surface area contributed by atoms with Gasteiger partial charge in [0.05, 0.1) is 0 Å². The van der Waals surface area contributed by atoms with Crippen LogP contribution in [0.15, 0.2) is 48.8 Å². The number of nitrogens with zero attached hydrogens (tertiary/aromatic N) is 2. The van der Waals surface area contributed by atoms with Gasteiger partial charge < -0.3 is 9.88 Å². The van der Waals surface area contributed by atoms with Gasteiger partial charge in [0.2, 0.25) is 5.91 Å². The molecule has 0 saturated heterocycles. The molecule has 2 atom stereocenters. The van der Waals surface area contributed by atoms with Gasteiger partial charge in [-0.3, -0.25) is 4.79 Å². The van der Waals surface area contributed by atoms with E-state index in [0.29, 0.717) is 5.02 Å². The second kappa shape index (κ2) is 7.01. The lowest BCUT2D eigenvalue weighted by Gasteiger charge is -2.23. The standard InChI is InChI=1S/C18H20ClN3O/c1-22-12-11-20-17(22)16(13-7-9-15(19)10-8-13)21-18(23)14-5-3-2-4-6-14/h2-3,7-12,14,16H,4-6H2,1H3,(H,21,23)/t14-,16-/m0/s1. The lowest BCUT2D eigenvalue weighted by atomic mass is 9.93. The fourth-order valence-electron chi connectivity index (χ4n) is 2.90. The molecule has 0 radical (unpaired) electrons. The lowest BCUT2D eigenvalue weighted by Crippen LogP contribution is -2.36. The third-order valence-electron chi connectivity index (χ3n) is 4.25. The van der Waals surface area contributed by atoms with Crippen molar-refractivity contribution in [3.05, 3.63) is 65.2 Å². The van der Waals surface area contributed by atoms with Crippen molar-refractivity contribution in [2.24, 2.45) is 13.0 Å². The predicted molar refractivity (Wildman–Crippen MR) is 91.1 cm³/mol. The maximum Gasteiger partial charge on any atom is 0.224 e. The molecule has 5 heteroatoms. The molecule has 0 saturated carbocycles. The highest BCUT2D eigenvalue weighted by atomic mass is 35.5. The molecule has 120 valence electrons. The predicted octanol–water partition coefficient (Wildman–Crippen LogP) is 3.64. The van der Waals surface area contributed by atoms with Crippen LogP contribution >= 0.6 is 11.6 Å². The highest BCUT2D eigenvalue weighted by molar-refractivity contribution is 6.30. The van der Waals surface area contributed by atoms with E-state index in [4.69, 9.17) is 11.6 Å². The molecule has 1 heterocycles. The number of imidazole rings is 1. The second-order valence-electron chi connectivity index (χ2n) is 5.87. The maximum atomic E-state index is 12.6.